The molecule has 1 aromatic heterocycles. The molecule has 0 radical (unpaired) electrons. The van der Waals surface area contributed by atoms with Crippen LogP contribution in [0.1, 0.15) is 23.3 Å². The highest BCUT2D eigenvalue weighted by Gasteiger charge is 2.31. The zero-order chi connectivity index (χ0) is 14.8. The van der Waals surface area contributed by atoms with Crippen LogP contribution < -0.4 is 11.1 Å². The van der Waals surface area contributed by atoms with Gasteiger partial charge in [-0.15, -0.1) is 36.2 Å². The van der Waals surface area contributed by atoms with E-state index in [1.54, 1.807) is 5.38 Å². The van der Waals surface area contributed by atoms with Crippen molar-refractivity contribution in [3.8, 4) is 10.6 Å². The summed E-state index contributed by atoms with van der Waals surface area (Å²) in [6.07, 6.45) is 2.29. The Hall–Kier alpha value is -0.850. The Labute approximate surface area is 156 Å². The van der Waals surface area contributed by atoms with Gasteiger partial charge in [-0.05, 0) is 30.9 Å². The van der Waals surface area contributed by atoms with Gasteiger partial charge in [-0.25, -0.2) is 4.98 Å². The highest BCUT2D eigenvalue weighted by Crippen LogP contribution is 2.32. The first-order chi connectivity index (χ1) is 10.2. The van der Waals surface area contributed by atoms with Crippen LogP contribution in [0.15, 0.2) is 29.6 Å². The van der Waals surface area contributed by atoms with E-state index in [1.807, 2.05) is 24.3 Å². The third-order valence-electron chi connectivity index (χ3n) is 3.57. The van der Waals surface area contributed by atoms with Gasteiger partial charge in [0.15, 0.2) is 0 Å². The molecule has 1 saturated carbocycles. The third-order valence-corrected chi connectivity index (χ3v) is 4.70. The van der Waals surface area contributed by atoms with Crippen molar-refractivity contribution in [1.29, 1.82) is 0 Å². The number of thiazole rings is 1. The summed E-state index contributed by atoms with van der Waals surface area (Å²) < 4.78 is 0. The minimum Gasteiger partial charge on any atom is -0.346 e. The number of benzene rings is 1. The SMILES string of the molecule is Cl.Cl.NCC(NC(=O)c1csc(-c2cccc(Cl)c2)n1)C1CC1. The van der Waals surface area contributed by atoms with Crippen LogP contribution in [-0.2, 0) is 0 Å². The monoisotopic (exact) mass is 393 g/mol. The van der Waals surface area contributed by atoms with Crippen LogP contribution in [0.5, 0.6) is 0 Å². The lowest BCUT2D eigenvalue weighted by atomic mass is 10.2. The number of halogens is 3. The van der Waals surface area contributed by atoms with Crippen LogP contribution in [0.4, 0.5) is 0 Å². The Morgan fingerprint density at radius 1 is 1.43 bits per heavy atom. The average molecular weight is 395 g/mol. The van der Waals surface area contributed by atoms with Crippen LogP contribution in [0.25, 0.3) is 10.6 Å². The summed E-state index contributed by atoms with van der Waals surface area (Å²) >= 11 is 7.41. The number of hydrogen-bond donors (Lipinski definition) is 2. The molecular weight excluding hydrogens is 377 g/mol. The number of nitrogens with zero attached hydrogens (tertiary/aromatic N) is 1. The number of hydrogen-bond acceptors (Lipinski definition) is 4. The first-order valence-corrected chi connectivity index (χ1v) is 8.15. The highest BCUT2D eigenvalue weighted by molar-refractivity contribution is 7.13. The summed E-state index contributed by atoms with van der Waals surface area (Å²) in [6.45, 7) is 0.474. The fourth-order valence-electron chi connectivity index (χ4n) is 2.24. The van der Waals surface area contributed by atoms with Crippen molar-refractivity contribution in [2.75, 3.05) is 6.54 Å². The quantitative estimate of drug-likeness (QED) is 0.811. The minimum absolute atomic E-state index is 0. The number of carbonyl (C=O) groups excluding carboxylic acids is 1. The lowest BCUT2D eigenvalue weighted by Crippen LogP contribution is -2.41. The van der Waals surface area contributed by atoms with Gasteiger partial charge < -0.3 is 11.1 Å². The highest BCUT2D eigenvalue weighted by atomic mass is 35.5. The summed E-state index contributed by atoms with van der Waals surface area (Å²) in [5.74, 6) is 0.381. The molecule has 23 heavy (non-hydrogen) atoms. The van der Waals surface area contributed by atoms with Crippen molar-refractivity contribution in [3.63, 3.8) is 0 Å². The van der Waals surface area contributed by atoms with Gasteiger partial charge in [0, 0.05) is 28.6 Å². The maximum Gasteiger partial charge on any atom is 0.271 e. The standard InChI is InChI=1S/C15H16ClN3OS.2ClH/c16-11-3-1-2-10(6-11)15-19-13(8-21-15)14(20)18-12(7-17)9-4-5-9;;/h1-3,6,8-9,12H,4-5,7,17H2,(H,18,20);2*1H. The Balaban J connectivity index is 0.00000132. The largest absolute Gasteiger partial charge is 0.346 e. The molecule has 0 bridgehead atoms. The first kappa shape index (κ1) is 20.2. The summed E-state index contributed by atoms with van der Waals surface area (Å²) in [5, 5.41) is 6.19. The molecule has 0 saturated heterocycles. The molecule has 1 heterocycles. The second-order valence-corrected chi connectivity index (χ2v) is 6.50. The molecule has 0 aliphatic heterocycles. The Kier molecular flexibility index (Phi) is 7.77. The van der Waals surface area contributed by atoms with Gasteiger partial charge >= 0.3 is 0 Å². The van der Waals surface area contributed by atoms with Crippen LogP contribution in [0, 0.1) is 5.92 Å². The normalized spacial score (nSPS) is 14.3. The summed E-state index contributed by atoms with van der Waals surface area (Å²) in [5.41, 5.74) is 7.07. The fourth-order valence-corrected chi connectivity index (χ4v) is 3.23. The van der Waals surface area contributed by atoms with Crippen molar-refractivity contribution in [1.82, 2.24) is 10.3 Å². The van der Waals surface area contributed by atoms with E-state index >= 15 is 0 Å². The van der Waals surface area contributed by atoms with E-state index in [-0.39, 0.29) is 36.8 Å². The molecule has 1 fully saturated rings. The van der Waals surface area contributed by atoms with E-state index in [2.05, 4.69) is 10.3 Å². The predicted molar refractivity (Wildman–Crippen MR) is 100 cm³/mol. The topological polar surface area (TPSA) is 68.0 Å². The van der Waals surface area contributed by atoms with Gasteiger partial charge in [0.25, 0.3) is 5.91 Å². The summed E-state index contributed by atoms with van der Waals surface area (Å²) in [7, 11) is 0. The predicted octanol–water partition coefficient (Wildman–Crippen LogP) is 3.77. The van der Waals surface area contributed by atoms with E-state index in [0.717, 1.165) is 23.4 Å². The second-order valence-electron chi connectivity index (χ2n) is 5.20. The molecule has 0 spiro atoms. The van der Waals surface area contributed by atoms with Gasteiger partial charge in [0.05, 0.1) is 0 Å². The zero-order valence-corrected chi connectivity index (χ0v) is 15.4. The van der Waals surface area contributed by atoms with E-state index < -0.39 is 0 Å². The number of nitrogens with one attached hydrogen (secondary N) is 1. The number of aromatic nitrogens is 1. The van der Waals surface area contributed by atoms with Gasteiger partial charge in [-0.1, -0.05) is 23.7 Å². The third kappa shape index (κ3) is 5.06. The van der Waals surface area contributed by atoms with Crippen LogP contribution in [-0.4, -0.2) is 23.5 Å². The number of rotatable bonds is 5. The number of carbonyl (C=O) groups is 1. The van der Waals surface area contributed by atoms with Crippen molar-refractivity contribution < 1.29 is 4.79 Å². The van der Waals surface area contributed by atoms with Crippen LogP contribution in [0.3, 0.4) is 0 Å². The molecule has 1 atom stereocenters. The van der Waals surface area contributed by atoms with E-state index in [0.29, 0.717) is 23.2 Å². The molecule has 2 aromatic rings. The summed E-state index contributed by atoms with van der Waals surface area (Å²) in [4.78, 5) is 16.6. The number of nitrogens with two attached hydrogens (primary N) is 1. The van der Waals surface area contributed by atoms with Crippen molar-refractivity contribution >= 4 is 53.7 Å². The Morgan fingerprint density at radius 3 is 2.78 bits per heavy atom. The molecule has 1 aliphatic rings. The molecule has 1 aromatic carbocycles. The number of amides is 1. The molecule has 1 amide bonds. The molecular formula is C15H18Cl3N3OS. The first-order valence-electron chi connectivity index (χ1n) is 6.90. The zero-order valence-electron chi connectivity index (χ0n) is 12.2. The molecule has 1 aliphatic carbocycles. The molecule has 3 N–H and O–H groups in total. The van der Waals surface area contributed by atoms with E-state index in [4.69, 9.17) is 17.3 Å². The van der Waals surface area contributed by atoms with Gasteiger partial charge in [-0.3, -0.25) is 4.79 Å². The van der Waals surface area contributed by atoms with E-state index in [9.17, 15) is 4.79 Å². The van der Waals surface area contributed by atoms with Crippen LogP contribution in [0.2, 0.25) is 5.02 Å². The Bertz CT molecular complexity index is 661. The second kappa shape index (κ2) is 8.85. The fraction of sp³-hybridized carbons (Fsp3) is 0.333. The van der Waals surface area contributed by atoms with Gasteiger partial charge in [0.2, 0.25) is 0 Å². The van der Waals surface area contributed by atoms with E-state index in [1.165, 1.54) is 11.3 Å². The summed E-state index contributed by atoms with van der Waals surface area (Å²) in [6, 6.07) is 7.52. The van der Waals surface area contributed by atoms with Gasteiger partial charge in [0.1, 0.15) is 10.7 Å². The molecule has 3 rings (SSSR count). The van der Waals surface area contributed by atoms with Crippen molar-refractivity contribution in [2.24, 2.45) is 11.7 Å². The van der Waals surface area contributed by atoms with Gasteiger partial charge in [-0.2, -0.15) is 0 Å². The molecule has 126 valence electrons. The van der Waals surface area contributed by atoms with Crippen molar-refractivity contribution in [3.05, 3.63) is 40.4 Å². The lowest BCUT2D eigenvalue weighted by Gasteiger charge is -2.14. The smallest absolute Gasteiger partial charge is 0.271 e. The lowest BCUT2D eigenvalue weighted by molar-refractivity contribution is 0.0929. The molecule has 8 heteroatoms. The average Bonchev–Trinajstić information content (AvgIpc) is 3.20. The van der Waals surface area contributed by atoms with Crippen molar-refractivity contribution in [2.45, 2.75) is 18.9 Å². The minimum atomic E-state index is -0.151. The maximum absolute atomic E-state index is 12.2. The maximum atomic E-state index is 12.2. The van der Waals surface area contributed by atoms with Crippen LogP contribution >= 0.6 is 47.8 Å². The molecule has 1 unspecified atom stereocenters. The Morgan fingerprint density at radius 2 is 2.17 bits per heavy atom. The molecule has 4 nitrogen and oxygen atoms in total.